The van der Waals surface area contributed by atoms with Crippen molar-refractivity contribution in [1.29, 1.82) is 5.26 Å². The van der Waals surface area contributed by atoms with Crippen LogP contribution in [0, 0.1) is 11.3 Å². The summed E-state index contributed by atoms with van der Waals surface area (Å²) in [6, 6.07) is 5.50. The van der Waals surface area contributed by atoms with E-state index < -0.39 is 0 Å². The Balaban J connectivity index is 2.36. The number of amides is 1. The van der Waals surface area contributed by atoms with Crippen LogP contribution in [0.4, 0.5) is 0 Å². The lowest BCUT2D eigenvalue weighted by molar-refractivity contribution is -0.120. The molecular weight excluding hydrogens is 220 g/mol. The zero-order valence-electron chi connectivity index (χ0n) is 9.56. The van der Waals surface area contributed by atoms with Crippen molar-refractivity contribution in [2.24, 2.45) is 0 Å². The number of hydrogen-bond acceptors (Lipinski definition) is 5. The van der Waals surface area contributed by atoms with Gasteiger partial charge < -0.3 is 15.4 Å². The SMILES string of the molecule is COc1ncccc1CNCC(=O)NCC#N. The minimum atomic E-state index is -0.214. The number of carbonyl (C=O) groups is 1. The number of methoxy groups -OCH3 is 1. The molecule has 0 radical (unpaired) electrons. The predicted molar refractivity (Wildman–Crippen MR) is 61.1 cm³/mol. The number of pyridine rings is 1. The first-order valence-corrected chi connectivity index (χ1v) is 5.10. The molecule has 0 aliphatic carbocycles. The molecule has 17 heavy (non-hydrogen) atoms. The molecule has 90 valence electrons. The zero-order valence-corrected chi connectivity index (χ0v) is 9.56. The minimum Gasteiger partial charge on any atom is -0.481 e. The van der Waals surface area contributed by atoms with Gasteiger partial charge in [0.1, 0.15) is 6.54 Å². The topological polar surface area (TPSA) is 87.0 Å². The number of nitriles is 1. The van der Waals surface area contributed by atoms with Gasteiger partial charge in [-0.05, 0) is 6.07 Å². The standard InChI is InChI=1S/C11H14N4O2/c1-17-11-9(3-2-5-15-11)7-13-8-10(16)14-6-4-12/h2-3,5,13H,6-8H2,1H3,(H,14,16). The highest BCUT2D eigenvalue weighted by atomic mass is 16.5. The summed E-state index contributed by atoms with van der Waals surface area (Å²) in [7, 11) is 1.55. The van der Waals surface area contributed by atoms with Crippen LogP contribution in [0.25, 0.3) is 0 Å². The van der Waals surface area contributed by atoms with Crippen molar-refractivity contribution >= 4 is 5.91 Å². The summed E-state index contributed by atoms with van der Waals surface area (Å²) in [5.41, 5.74) is 0.878. The first kappa shape index (κ1) is 12.9. The summed E-state index contributed by atoms with van der Waals surface area (Å²) in [5.74, 6) is 0.326. The van der Waals surface area contributed by atoms with Gasteiger partial charge in [0.2, 0.25) is 11.8 Å². The van der Waals surface area contributed by atoms with Crippen LogP contribution in [0.15, 0.2) is 18.3 Å². The largest absolute Gasteiger partial charge is 0.481 e. The minimum absolute atomic E-state index is 0.0245. The first-order valence-electron chi connectivity index (χ1n) is 5.10. The maximum atomic E-state index is 11.2. The number of carbonyl (C=O) groups excluding carboxylic acids is 1. The maximum absolute atomic E-state index is 11.2. The Kier molecular flexibility index (Phi) is 5.47. The normalized spacial score (nSPS) is 9.41. The molecule has 0 fully saturated rings. The average Bonchev–Trinajstić information content (AvgIpc) is 2.37. The monoisotopic (exact) mass is 234 g/mol. The lowest BCUT2D eigenvalue weighted by Gasteiger charge is -2.07. The molecule has 0 aromatic carbocycles. The van der Waals surface area contributed by atoms with E-state index in [1.807, 2.05) is 12.1 Å². The van der Waals surface area contributed by atoms with Crippen molar-refractivity contribution in [3.63, 3.8) is 0 Å². The van der Waals surface area contributed by atoms with Gasteiger partial charge in [0.15, 0.2) is 0 Å². The number of aromatic nitrogens is 1. The van der Waals surface area contributed by atoms with Crippen LogP contribution in [-0.4, -0.2) is 31.1 Å². The number of nitrogens with one attached hydrogen (secondary N) is 2. The molecule has 1 heterocycles. The smallest absolute Gasteiger partial charge is 0.234 e. The van der Waals surface area contributed by atoms with E-state index in [-0.39, 0.29) is 19.0 Å². The van der Waals surface area contributed by atoms with Gasteiger partial charge >= 0.3 is 0 Å². The molecule has 0 aliphatic heterocycles. The van der Waals surface area contributed by atoms with E-state index in [0.29, 0.717) is 12.4 Å². The van der Waals surface area contributed by atoms with E-state index in [2.05, 4.69) is 15.6 Å². The fourth-order valence-electron chi connectivity index (χ4n) is 1.25. The Morgan fingerprint density at radius 1 is 1.65 bits per heavy atom. The van der Waals surface area contributed by atoms with Gasteiger partial charge in [0.25, 0.3) is 0 Å². The first-order chi connectivity index (χ1) is 8.27. The van der Waals surface area contributed by atoms with E-state index in [9.17, 15) is 4.79 Å². The van der Waals surface area contributed by atoms with Crippen molar-refractivity contribution in [2.45, 2.75) is 6.54 Å². The van der Waals surface area contributed by atoms with Gasteiger partial charge in [-0.1, -0.05) is 6.07 Å². The fourth-order valence-corrected chi connectivity index (χ4v) is 1.25. The zero-order chi connectivity index (χ0) is 12.5. The second-order valence-electron chi connectivity index (χ2n) is 3.21. The summed E-state index contributed by atoms with van der Waals surface area (Å²) in [5, 5.41) is 13.7. The van der Waals surface area contributed by atoms with Gasteiger partial charge in [-0.2, -0.15) is 5.26 Å². The molecule has 0 saturated carbocycles. The Morgan fingerprint density at radius 2 is 2.47 bits per heavy atom. The van der Waals surface area contributed by atoms with Crippen LogP contribution in [-0.2, 0) is 11.3 Å². The summed E-state index contributed by atoms with van der Waals surface area (Å²) in [4.78, 5) is 15.2. The van der Waals surface area contributed by atoms with Crippen molar-refractivity contribution < 1.29 is 9.53 Å². The average molecular weight is 234 g/mol. The molecule has 1 rings (SSSR count). The highest BCUT2D eigenvalue weighted by Gasteiger charge is 2.04. The number of nitrogens with zero attached hydrogens (tertiary/aromatic N) is 2. The third-order valence-corrected chi connectivity index (χ3v) is 2.01. The van der Waals surface area contributed by atoms with Crippen molar-refractivity contribution in [1.82, 2.24) is 15.6 Å². The Morgan fingerprint density at radius 3 is 3.18 bits per heavy atom. The van der Waals surface area contributed by atoms with Crippen LogP contribution in [0.1, 0.15) is 5.56 Å². The molecule has 0 unspecified atom stereocenters. The fraction of sp³-hybridized carbons (Fsp3) is 0.364. The Hall–Kier alpha value is -2.13. The predicted octanol–water partition coefficient (Wildman–Crippen LogP) is -0.180. The van der Waals surface area contributed by atoms with Gasteiger partial charge in [-0.15, -0.1) is 0 Å². The summed E-state index contributed by atoms with van der Waals surface area (Å²) < 4.78 is 5.07. The second kappa shape index (κ2) is 7.19. The van der Waals surface area contributed by atoms with E-state index in [1.54, 1.807) is 19.4 Å². The van der Waals surface area contributed by atoms with Crippen molar-refractivity contribution in [3.8, 4) is 11.9 Å². The third-order valence-electron chi connectivity index (χ3n) is 2.01. The molecule has 0 saturated heterocycles. The molecule has 0 aliphatic rings. The van der Waals surface area contributed by atoms with Crippen LogP contribution in [0.2, 0.25) is 0 Å². The molecule has 1 aromatic rings. The lowest BCUT2D eigenvalue weighted by Crippen LogP contribution is -2.33. The van der Waals surface area contributed by atoms with Gasteiger partial charge in [-0.3, -0.25) is 4.79 Å². The van der Waals surface area contributed by atoms with E-state index in [1.165, 1.54) is 0 Å². The highest BCUT2D eigenvalue weighted by Crippen LogP contribution is 2.12. The Bertz CT molecular complexity index is 414. The third kappa shape index (κ3) is 4.49. The van der Waals surface area contributed by atoms with Crippen LogP contribution < -0.4 is 15.4 Å². The number of hydrogen-bond donors (Lipinski definition) is 2. The second-order valence-corrected chi connectivity index (χ2v) is 3.21. The van der Waals surface area contributed by atoms with Gasteiger partial charge in [0, 0.05) is 18.3 Å². The number of rotatable bonds is 6. The van der Waals surface area contributed by atoms with E-state index in [4.69, 9.17) is 10.00 Å². The van der Waals surface area contributed by atoms with Gasteiger partial charge in [-0.25, -0.2) is 4.98 Å². The molecule has 2 N–H and O–H groups in total. The summed E-state index contributed by atoms with van der Waals surface area (Å²) in [6.07, 6.45) is 1.64. The molecule has 6 heteroatoms. The lowest BCUT2D eigenvalue weighted by atomic mass is 10.2. The molecule has 1 aromatic heterocycles. The molecule has 0 spiro atoms. The molecule has 0 bridgehead atoms. The van der Waals surface area contributed by atoms with E-state index in [0.717, 1.165) is 5.56 Å². The molecule has 6 nitrogen and oxygen atoms in total. The summed E-state index contributed by atoms with van der Waals surface area (Å²) in [6.45, 7) is 0.660. The quantitative estimate of drug-likeness (QED) is 0.667. The number of ether oxygens (including phenoxy) is 1. The van der Waals surface area contributed by atoms with E-state index >= 15 is 0 Å². The molecule has 0 atom stereocenters. The van der Waals surface area contributed by atoms with Crippen LogP contribution in [0.5, 0.6) is 5.88 Å². The van der Waals surface area contributed by atoms with Crippen LogP contribution in [0.3, 0.4) is 0 Å². The summed E-state index contributed by atoms with van der Waals surface area (Å²) >= 11 is 0. The maximum Gasteiger partial charge on any atom is 0.234 e. The molecular formula is C11H14N4O2. The van der Waals surface area contributed by atoms with Gasteiger partial charge in [0.05, 0.1) is 19.7 Å². The van der Waals surface area contributed by atoms with Crippen molar-refractivity contribution in [2.75, 3.05) is 20.2 Å². The van der Waals surface area contributed by atoms with Crippen LogP contribution >= 0.6 is 0 Å². The highest BCUT2D eigenvalue weighted by molar-refractivity contribution is 5.78. The van der Waals surface area contributed by atoms with Crippen molar-refractivity contribution in [3.05, 3.63) is 23.9 Å². The Labute approximate surface area is 99.6 Å². The molecule has 1 amide bonds.